The largest absolute Gasteiger partial charge is 0.339 e. The van der Waals surface area contributed by atoms with E-state index in [1.54, 1.807) is 4.40 Å². The molecule has 3 aromatic rings. The molecule has 9 heteroatoms. The number of benzene rings is 1. The Morgan fingerprint density at radius 2 is 2.09 bits per heavy atom. The van der Waals surface area contributed by atoms with Gasteiger partial charge < -0.3 is 5.32 Å². The normalized spacial score (nSPS) is 12.4. The van der Waals surface area contributed by atoms with Crippen molar-refractivity contribution in [3.8, 4) is 0 Å². The van der Waals surface area contributed by atoms with Crippen LogP contribution in [0.4, 0.5) is 11.5 Å². The Morgan fingerprint density at radius 3 is 2.95 bits per heavy atom. The molecule has 0 bridgehead atoms. The van der Waals surface area contributed by atoms with E-state index in [4.69, 9.17) is 5.84 Å². The SMILES string of the molecule is NNC(=O)Cc1nnc2nnc3c(n12)Nc1ccccc1C3. The van der Waals surface area contributed by atoms with Crippen molar-refractivity contribution >= 4 is 23.2 Å². The van der Waals surface area contributed by atoms with E-state index in [9.17, 15) is 4.79 Å². The number of para-hydroxylation sites is 1. The maximum atomic E-state index is 11.5. The van der Waals surface area contributed by atoms with Crippen LogP contribution in [0.25, 0.3) is 5.78 Å². The second-order valence-electron chi connectivity index (χ2n) is 4.95. The average Bonchev–Trinajstić information content (AvgIpc) is 2.96. The highest BCUT2D eigenvalue weighted by Gasteiger charge is 2.22. The maximum absolute atomic E-state index is 11.5. The molecule has 0 saturated carbocycles. The lowest BCUT2D eigenvalue weighted by atomic mass is 10.0. The number of hydrogen-bond acceptors (Lipinski definition) is 7. The fraction of sp³-hybridized carbons (Fsp3) is 0.154. The van der Waals surface area contributed by atoms with E-state index in [0.29, 0.717) is 18.0 Å². The average molecular weight is 296 g/mol. The summed E-state index contributed by atoms with van der Waals surface area (Å²) < 4.78 is 1.70. The van der Waals surface area contributed by atoms with Gasteiger partial charge in [-0.15, -0.1) is 20.4 Å². The van der Waals surface area contributed by atoms with E-state index in [0.717, 1.165) is 22.8 Å². The molecule has 110 valence electrons. The molecule has 4 N–H and O–H groups in total. The highest BCUT2D eigenvalue weighted by Crippen LogP contribution is 2.31. The summed E-state index contributed by atoms with van der Waals surface area (Å²) in [6.45, 7) is 0. The monoisotopic (exact) mass is 296 g/mol. The summed E-state index contributed by atoms with van der Waals surface area (Å²) >= 11 is 0. The molecule has 0 radical (unpaired) electrons. The summed E-state index contributed by atoms with van der Waals surface area (Å²) in [6.07, 6.45) is 0.668. The first-order chi connectivity index (χ1) is 10.8. The number of nitrogens with zero attached hydrogens (tertiary/aromatic N) is 5. The minimum atomic E-state index is -0.351. The van der Waals surface area contributed by atoms with Crippen molar-refractivity contribution in [2.75, 3.05) is 5.32 Å². The predicted octanol–water partition coefficient (Wildman–Crippen LogP) is -0.300. The Labute approximate surface area is 124 Å². The van der Waals surface area contributed by atoms with E-state index < -0.39 is 0 Å². The standard InChI is InChI=1S/C13H12N8O/c14-16-11(22)6-10-18-20-13-19-17-9-5-7-3-1-2-4-8(7)15-12(9)21(10)13/h1-4,15H,5-6,14H2,(H,16,22). The van der Waals surface area contributed by atoms with Gasteiger partial charge in [0, 0.05) is 12.1 Å². The van der Waals surface area contributed by atoms with Crippen molar-refractivity contribution in [3.63, 3.8) is 0 Å². The zero-order chi connectivity index (χ0) is 15.1. The van der Waals surface area contributed by atoms with Crippen LogP contribution in [0.5, 0.6) is 0 Å². The quantitative estimate of drug-likeness (QED) is 0.263. The summed E-state index contributed by atoms with van der Waals surface area (Å²) in [5.74, 6) is 6.31. The lowest BCUT2D eigenvalue weighted by molar-refractivity contribution is -0.120. The van der Waals surface area contributed by atoms with Crippen molar-refractivity contribution in [1.29, 1.82) is 0 Å². The number of amides is 1. The van der Waals surface area contributed by atoms with E-state index in [1.165, 1.54) is 0 Å². The van der Waals surface area contributed by atoms with Gasteiger partial charge in [-0.2, -0.15) is 0 Å². The Kier molecular flexibility index (Phi) is 2.73. The summed E-state index contributed by atoms with van der Waals surface area (Å²) in [7, 11) is 0. The molecule has 0 atom stereocenters. The van der Waals surface area contributed by atoms with Crippen molar-refractivity contribution in [2.24, 2.45) is 5.84 Å². The molecule has 3 heterocycles. The van der Waals surface area contributed by atoms with E-state index in [2.05, 4.69) is 31.1 Å². The predicted molar refractivity (Wildman–Crippen MR) is 77.1 cm³/mol. The molecule has 0 saturated heterocycles. The lowest BCUT2D eigenvalue weighted by Gasteiger charge is -2.20. The first-order valence-electron chi connectivity index (χ1n) is 6.70. The Hall–Kier alpha value is -3.07. The Bertz CT molecular complexity index is 887. The van der Waals surface area contributed by atoms with Crippen LogP contribution in [-0.4, -0.2) is 30.7 Å². The number of rotatable bonds is 2. The van der Waals surface area contributed by atoms with Crippen LogP contribution in [0.2, 0.25) is 0 Å². The fourth-order valence-electron chi connectivity index (χ4n) is 2.54. The molecular weight excluding hydrogens is 284 g/mol. The van der Waals surface area contributed by atoms with Gasteiger partial charge in [0.05, 0.1) is 6.42 Å². The zero-order valence-electron chi connectivity index (χ0n) is 11.4. The first kappa shape index (κ1) is 12.7. The minimum absolute atomic E-state index is 0.0130. The Balaban J connectivity index is 1.86. The van der Waals surface area contributed by atoms with Crippen LogP contribution >= 0.6 is 0 Å². The van der Waals surface area contributed by atoms with Crippen LogP contribution in [0.3, 0.4) is 0 Å². The Morgan fingerprint density at radius 1 is 1.27 bits per heavy atom. The fourth-order valence-corrected chi connectivity index (χ4v) is 2.54. The van der Waals surface area contributed by atoms with Crippen molar-refractivity contribution < 1.29 is 4.79 Å². The second-order valence-corrected chi connectivity index (χ2v) is 4.95. The van der Waals surface area contributed by atoms with E-state index in [-0.39, 0.29) is 12.3 Å². The minimum Gasteiger partial charge on any atom is -0.339 e. The van der Waals surface area contributed by atoms with Gasteiger partial charge in [0.2, 0.25) is 5.91 Å². The molecule has 0 aliphatic carbocycles. The van der Waals surface area contributed by atoms with Gasteiger partial charge >= 0.3 is 0 Å². The van der Waals surface area contributed by atoms with Gasteiger partial charge in [0.1, 0.15) is 17.3 Å². The molecule has 0 fully saturated rings. The van der Waals surface area contributed by atoms with Gasteiger partial charge in [0.25, 0.3) is 5.78 Å². The zero-order valence-corrected chi connectivity index (χ0v) is 11.4. The van der Waals surface area contributed by atoms with Crippen LogP contribution in [0.1, 0.15) is 17.1 Å². The number of aromatic nitrogens is 5. The van der Waals surface area contributed by atoms with Crippen LogP contribution in [-0.2, 0) is 17.6 Å². The molecule has 1 amide bonds. The molecule has 2 aromatic heterocycles. The van der Waals surface area contributed by atoms with Gasteiger partial charge in [0.15, 0.2) is 0 Å². The smallest absolute Gasteiger partial charge is 0.275 e. The van der Waals surface area contributed by atoms with Crippen LogP contribution < -0.4 is 16.6 Å². The molecule has 4 rings (SSSR count). The summed E-state index contributed by atoms with van der Waals surface area (Å²) in [4.78, 5) is 11.5. The maximum Gasteiger partial charge on any atom is 0.275 e. The molecule has 0 spiro atoms. The number of carbonyl (C=O) groups is 1. The van der Waals surface area contributed by atoms with Gasteiger partial charge in [-0.05, 0) is 11.6 Å². The third kappa shape index (κ3) is 1.87. The van der Waals surface area contributed by atoms with E-state index in [1.807, 2.05) is 24.3 Å². The molecule has 1 aliphatic rings. The summed E-state index contributed by atoms with van der Waals surface area (Å²) in [5, 5.41) is 19.5. The summed E-state index contributed by atoms with van der Waals surface area (Å²) in [6, 6.07) is 7.96. The number of fused-ring (bicyclic) bond motifs is 4. The van der Waals surface area contributed by atoms with Crippen molar-refractivity contribution in [1.82, 2.24) is 30.2 Å². The highest BCUT2D eigenvalue weighted by atomic mass is 16.2. The van der Waals surface area contributed by atoms with Crippen molar-refractivity contribution in [2.45, 2.75) is 12.8 Å². The van der Waals surface area contributed by atoms with E-state index >= 15 is 0 Å². The third-order valence-corrected chi connectivity index (χ3v) is 3.58. The third-order valence-electron chi connectivity index (χ3n) is 3.58. The molecule has 22 heavy (non-hydrogen) atoms. The number of nitrogens with one attached hydrogen (secondary N) is 2. The van der Waals surface area contributed by atoms with Crippen LogP contribution in [0.15, 0.2) is 24.3 Å². The first-order valence-corrected chi connectivity index (χ1v) is 6.70. The van der Waals surface area contributed by atoms with Gasteiger partial charge in [-0.3, -0.25) is 10.2 Å². The van der Waals surface area contributed by atoms with Crippen LogP contribution in [0, 0.1) is 0 Å². The summed E-state index contributed by atoms with van der Waals surface area (Å²) in [5.41, 5.74) is 5.00. The number of hydrazine groups is 1. The van der Waals surface area contributed by atoms with Gasteiger partial charge in [-0.1, -0.05) is 18.2 Å². The molecule has 9 nitrogen and oxygen atoms in total. The lowest BCUT2D eigenvalue weighted by Crippen LogP contribution is -2.32. The molecule has 0 unspecified atom stereocenters. The highest BCUT2D eigenvalue weighted by molar-refractivity contribution is 5.77. The topological polar surface area (TPSA) is 123 Å². The number of hydrogen-bond donors (Lipinski definition) is 3. The van der Waals surface area contributed by atoms with Crippen molar-refractivity contribution in [3.05, 3.63) is 41.3 Å². The number of anilines is 2. The molecular formula is C13H12N8O. The second kappa shape index (κ2) is 4.74. The molecule has 1 aromatic carbocycles. The molecule has 1 aliphatic heterocycles. The number of nitrogens with two attached hydrogens (primary N) is 1. The van der Waals surface area contributed by atoms with Gasteiger partial charge in [-0.25, -0.2) is 10.2 Å². The number of carbonyl (C=O) groups excluding carboxylic acids is 1.